The predicted molar refractivity (Wildman–Crippen MR) is 180 cm³/mol. The number of amides is 4. The summed E-state index contributed by atoms with van der Waals surface area (Å²) in [6, 6.07) is 8.42. The molecular weight excluding hydrogens is 637 g/mol. The van der Waals surface area contributed by atoms with Crippen LogP contribution in [0.1, 0.15) is 36.0 Å². The number of fused-ring (bicyclic) bond motifs is 2. The van der Waals surface area contributed by atoms with Crippen molar-refractivity contribution in [2.45, 2.75) is 43.8 Å². The maximum absolute atomic E-state index is 15.0. The Hall–Kier alpha value is -3.58. The van der Waals surface area contributed by atoms with E-state index in [1.54, 1.807) is 40.1 Å². The third kappa shape index (κ3) is 6.31. The Kier molecular flexibility index (Phi) is 9.43. The number of hydrogen-bond acceptors (Lipinski definition) is 7. The number of nitrogens with zero attached hydrogens (tertiary/aromatic N) is 6. The fourth-order valence-electron chi connectivity index (χ4n) is 8.02. The van der Waals surface area contributed by atoms with Crippen LogP contribution in [-0.2, 0) is 14.4 Å². The molecule has 0 radical (unpaired) electrons. The molecular formula is C35H43ClFN7O4. The van der Waals surface area contributed by atoms with Gasteiger partial charge in [0.2, 0.25) is 11.8 Å². The van der Waals surface area contributed by atoms with Crippen LogP contribution < -0.4 is 10.2 Å². The molecule has 4 saturated heterocycles. The molecule has 1 unspecified atom stereocenters. The summed E-state index contributed by atoms with van der Waals surface area (Å²) >= 11 is 6.00. The fraction of sp³-hybridized carbons (Fsp3) is 0.543. The Labute approximate surface area is 285 Å². The number of likely N-dealkylation sites (tertiary alicyclic amines) is 1. The number of likely N-dealkylation sites (N-methyl/N-ethyl adjacent to an activating group) is 1. The quantitative estimate of drug-likeness (QED) is 0.517. The maximum atomic E-state index is 15.0. The van der Waals surface area contributed by atoms with Gasteiger partial charge in [-0.1, -0.05) is 17.7 Å². The van der Waals surface area contributed by atoms with Gasteiger partial charge in [-0.2, -0.15) is 0 Å². The highest BCUT2D eigenvalue weighted by atomic mass is 35.5. The monoisotopic (exact) mass is 679 g/mol. The lowest BCUT2D eigenvalue weighted by molar-refractivity contribution is -0.141. The Bertz CT molecular complexity index is 1590. The summed E-state index contributed by atoms with van der Waals surface area (Å²) in [5, 5.41) is 3.66. The zero-order valence-electron chi connectivity index (χ0n) is 27.4. The van der Waals surface area contributed by atoms with Crippen LogP contribution in [-0.4, -0.2) is 145 Å². The average molecular weight is 680 g/mol. The van der Waals surface area contributed by atoms with E-state index in [1.807, 2.05) is 7.05 Å². The molecule has 11 nitrogen and oxygen atoms in total. The van der Waals surface area contributed by atoms with Gasteiger partial charge in [-0.15, -0.1) is 0 Å². The lowest BCUT2D eigenvalue weighted by Crippen LogP contribution is -2.63. The highest BCUT2D eigenvalue weighted by Crippen LogP contribution is 2.35. The predicted octanol–water partition coefficient (Wildman–Crippen LogP) is 2.14. The highest BCUT2D eigenvalue weighted by molar-refractivity contribution is 6.30. The van der Waals surface area contributed by atoms with Gasteiger partial charge >= 0.3 is 0 Å². The van der Waals surface area contributed by atoms with E-state index in [0.717, 1.165) is 58.4 Å². The lowest BCUT2D eigenvalue weighted by Gasteiger charge is -2.43. The summed E-state index contributed by atoms with van der Waals surface area (Å²) < 4.78 is 15.0. The number of benzene rings is 2. The number of carbonyl (C=O) groups excluding carboxylic acids is 4. The van der Waals surface area contributed by atoms with Crippen molar-refractivity contribution >= 4 is 40.9 Å². The average Bonchev–Trinajstić information content (AvgIpc) is 3.58. The summed E-state index contributed by atoms with van der Waals surface area (Å²) in [5.41, 5.74) is 1.26. The normalized spacial score (nSPS) is 24.5. The smallest absolute Gasteiger partial charge is 0.256 e. The Morgan fingerprint density at radius 2 is 1.65 bits per heavy atom. The second-order valence-electron chi connectivity index (χ2n) is 13.6. The molecule has 2 aromatic rings. The summed E-state index contributed by atoms with van der Waals surface area (Å²) in [7, 11) is 2.00. The minimum atomic E-state index is -0.952. The molecule has 2 atom stereocenters. The second kappa shape index (κ2) is 13.7. The fourth-order valence-corrected chi connectivity index (χ4v) is 8.18. The molecule has 0 spiro atoms. The van der Waals surface area contributed by atoms with E-state index in [2.05, 4.69) is 15.1 Å². The van der Waals surface area contributed by atoms with Gasteiger partial charge in [0.25, 0.3) is 11.8 Å². The Morgan fingerprint density at radius 1 is 0.896 bits per heavy atom. The zero-order chi connectivity index (χ0) is 33.5. The minimum absolute atomic E-state index is 0.00764. The molecule has 0 aromatic heterocycles. The van der Waals surface area contributed by atoms with Gasteiger partial charge in [-0.05, 0) is 88.3 Å². The first kappa shape index (κ1) is 32.9. The molecule has 7 rings (SSSR count). The van der Waals surface area contributed by atoms with Crippen LogP contribution in [0.25, 0.3) is 11.1 Å². The number of rotatable bonds is 5. The van der Waals surface area contributed by atoms with Crippen LogP contribution in [0.3, 0.4) is 0 Å². The van der Waals surface area contributed by atoms with Crippen molar-refractivity contribution in [3.05, 3.63) is 52.8 Å². The van der Waals surface area contributed by atoms with Crippen molar-refractivity contribution in [2.24, 2.45) is 0 Å². The van der Waals surface area contributed by atoms with Crippen molar-refractivity contribution in [1.29, 1.82) is 0 Å². The maximum Gasteiger partial charge on any atom is 0.256 e. The number of anilines is 1. The van der Waals surface area contributed by atoms with Gasteiger partial charge in [0.05, 0.1) is 23.8 Å². The van der Waals surface area contributed by atoms with E-state index in [4.69, 9.17) is 11.6 Å². The molecule has 48 heavy (non-hydrogen) atoms. The Morgan fingerprint density at radius 3 is 2.40 bits per heavy atom. The van der Waals surface area contributed by atoms with E-state index in [0.29, 0.717) is 36.9 Å². The van der Waals surface area contributed by atoms with E-state index in [1.165, 1.54) is 15.9 Å². The van der Waals surface area contributed by atoms with Crippen molar-refractivity contribution in [3.8, 4) is 11.1 Å². The number of nitrogens with one attached hydrogen (secondary N) is 1. The van der Waals surface area contributed by atoms with Crippen molar-refractivity contribution in [3.63, 3.8) is 0 Å². The molecule has 4 amide bonds. The minimum Gasteiger partial charge on any atom is -0.339 e. The lowest BCUT2D eigenvalue weighted by atomic mass is 10.00. The summed E-state index contributed by atoms with van der Waals surface area (Å²) in [6.07, 6.45) is 3.74. The zero-order valence-corrected chi connectivity index (χ0v) is 28.1. The largest absolute Gasteiger partial charge is 0.339 e. The molecule has 0 aliphatic carbocycles. The summed E-state index contributed by atoms with van der Waals surface area (Å²) in [5.74, 6) is -1.50. The van der Waals surface area contributed by atoms with Gasteiger partial charge < -0.3 is 29.8 Å². The third-order valence-electron chi connectivity index (χ3n) is 10.8. The van der Waals surface area contributed by atoms with Crippen molar-refractivity contribution in [1.82, 2.24) is 29.8 Å². The Balaban J connectivity index is 1.19. The number of carbonyl (C=O) groups is 4. The third-order valence-corrected chi connectivity index (χ3v) is 11.0. The topological polar surface area (TPSA) is 99.8 Å². The molecule has 1 N–H and O–H groups in total. The van der Waals surface area contributed by atoms with Crippen LogP contribution in [0, 0.1) is 5.82 Å². The van der Waals surface area contributed by atoms with Gasteiger partial charge in [-0.25, -0.2) is 4.39 Å². The van der Waals surface area contributed by atoms with E-state index >= 15 is 4.39 Å². The first-order chi connectivity index (χ1) is 23.2. The molecule has 13 heteroatoms. The van der Waals surface area contributed by atoms with Crippen LogP contribution in [0.5, 0.6) is 0 Å². The molecule has 256 valence electrons. The van der Waals surface area contributed by atoms with E-state index < -0.39 is 17.8 Å². The van der Waals surface area contributed by atoms with Crippen molar-refractivity contribution < 1.29 is 23.6 Å². The molecule has 4 fully saturated rings. The standard InChI is InChI=1S/C35H43ClFN7O4/c1-39-13-15-40(16-14-39)32(45)22-44-29-7-4-23(26-6-5-24(36)20-28(26)37)19-27(29)33(46)43-18-17-41(21-31(43)35(44)48)34(47)30-3-2-12-42(30)25-8-10-38-11-9-25/h4-7,19-20,25,30-31,38H,2-3,8-18,21-22H2,1H3/t30?,31-/m1/s1. The number of halogens is 2. The van der Waals surface area contributed by atoms with Gasteiger partial charge in [-0.3, -0.25) is 24.1 Å². The molecule has 2 aromatic carbocycles. The molecule has 0 saturated carbocycles. The molecule has 0 bridgehead atoms. The van der Waals surface area contributed by atoms with Crippen LogP contribution >= 0.6 is 11.6 Å². The van der Waals surface area contributed by atoms with Gasteiger partial charge in [0, 0.05) is 55.9 Å². The van der Waals surface area contributed by atoms with Gasteiger partial charge in [0.15, 0.2) is 0 Å². The number of hydrogen-bond donors (Lipinski definition) is 1. The van der Waals surface area contributed by atoms with Crippen LogP contribution in [0.15, 0.2) is 36.4 Å². The van der Waals surface area contributed by atoms with Gasteiger partial charge in [0.1, 0.15) is 18.4 Å². The number of piperidine rings is 1. The summed E-state index contributed by atoms with van der Waals surface area (Å²) in [6.45, 7) is 5.64. The highest BCUT2D eigenvalue weighted by Gasteiger charge is 2.46. The number of piperazine rings is 2. The molecule has 5 aliphatic heterocycles. The van der Waals surface area contributed by atoms with E-state index in [9.17, 15) is 19.2 Å². The SMILES string of the molecule is CN1CCN(C(=O)CN2C(=O)[C@H]3CN(C(=O)C4CCCN4C4CCNCC4)CCN3C(=O)c3cc(-c4ccc(Cl)cc4F)ccc32)CC1. The van der Waals surface area contributed by atoms with Crippen LogP contribution in [0.4, 0.5) is 10.1 Å². The van der Waals surface area contributed by atoms with Crippen LogP contribution in [0.2, 0.25) is 5.02 Å². The molecule has 5 heterocycles. The second-order valence-corrected chi connectivity index (χ2v) is 14.1. The van der Waals surface area contributed by atoms with E-state index in [-0.39, 0.29) is 59.5 Å². The summed E-state index contributed by atoms with van der Waals surface area (Å²) in [4.78, 5) is 67.5. The first-order valence-corrected chi connectivity index (χ1v) is 17.5. The first-order valence-electron chi connectivity index (χ1n) is 17.1. The van der Waals surface area contributed by atoms with Crippen molar-refractivity contribution in [2.75, 3.05) is 83.9 Å². The molecule has 5 aliphatic rings.